The molecule has 1 unspecified atom stereocenters. The van der Waals surface area contributed by atoms with Gasteiger partial charge in [-0.05, 0) is 5.21 Å². The van der Waals surface area contributed by atoms with Crippen molar-refractivity contribution in [1.82, 2.24) is 9.55 Å². The van der Waals surface area contributed by atoms with Gasteiger partial charge in [0.25, 0.3) is 5.56 Å². The molecule has 1 heterocycles. The fourth-order valence-corrected chi connectivity index (χ4v) is 2.43. The molecule has 1 aromatic rings. The van der Waals surface area contributed by atoms with Crippen LogP contribution in [-0.2, 0) is 23.3 Å². The second kappa shape index (κ2) is 9.86. The Morgan fingerprint density at radius 3 is 2.52 bits per heavy atom. The number of ether oxygens (including phenoxy) is 3. The van der Waals surface area contributed by atoms with Crippen molar-refractivity contribution >= 4 is 15.4 Å². The molecule has 0 fully saturated rings. The van der Waals surface area contributed by atoms with Crippen molar-refractivity contribution < 1.29 is 28.2 Å². The van der Waals surface area contributed by atoms with Gasteiger partial charge in [0.05, 0.1) is 13.2 Å². The summed E-state index contributed by atoms with van der Waals surface area (Å²) in [5, 5.41) is -0.429. The summed E-state index contributed by atoms with van der Waals surface area (Å²) >= 11 is 0. The molecule has 12 heteroatoms. The van der Waals surface area contributed by atoms with Gasteiger partial charge >= 0.3 is 13.3 Å². The molecule has 0 saturated carbocycles. The Balaban J connectivity index is 3.14. The summed E-state index contributed by atoms with van der Waals surface area (Å²) < 4.78 is 33.0. The zero-order valence-electron chi connectivity index (χ0n) is 14.1. The molecule has 0 aliphatic rings. The quantitative estimate of drug-likeness (QED) is 0.416. The zero-order chi connectivity index (χ0) is 19.0. The summed E-state index contributed by atoms with van der Waals surface area (Å²) in [6, 6.07) is 1.15. The van der Waals surface area contributed by atoms with E-state index in [2.05, 4.69) is 9.51 Å². The van der Waals surface area contributed by atoms with E-state index in [9.17, 15) is 19.0 Å². The fraction of sp³-hybridized carbons (Fsp3) is 0.538. The van der Waals surface area contributed by atoms with E-state index in [1.165, 1.54) is 20.4 Å². The van der Waals surface area contributed by atoms with E-state index >= 15 is 0 Å². The van der Waals surface area contributed by atoms with Crippen LogP contribution in [0.15, 0.2) is 33.1 Å². The maximum absolute atomic E-state index is 11.9. The Bertz CT molecular complexity index is 746. The number of nitrogens with zero attached hydrogens (tertiary/aromatic N) is 1. The highest BCUT2D eigenvalue weighted by Gasteiger charge is 2.23. The zero-order valence-corrected chi connectivity index (χ0v) is 15.0. The highest BCUT2D eigenvalue weighted by Crippen LogP contribution is 2.48. The van der Waals surface area contributed by atoms with Crippen LogP contribution in [0.5, 0.6) is 0 Å². The van der Waals surface area contributed by atoms with Gasteiger partial charge in [-0.2, -0.15) is 0 Å². The Morgan fingerprint density at radius 1 is 1.36 bits per heavy atom. The third kappa shape index (κ3) is 6.39. The lowest BCUT2D eigenvalue weighted by Crippen LogP contribution is -2.36. The summed E-state index contributed by atoms with van der Waals surface area (Å²) in [4.78, 5) is 34.8. The number of hydrogen-bond donors (Lipinski definition) is 2. The first-order chi connectivity index (χ1) is 11.7. The van der Waals surface area contributed by atoms with E-state index in [1.54, 1.807) is 0 Å². The van der Waals surface area contributed by atoms with Crippen LogP contribution in [0.2, 0.25) is 0 Å². The maximum Gasteiger partial charge on any atom is 0.344 e. The van der Waals surface area contributed by atoms with E-state index in [4.69, 9.17) is 22.1 Å². The first kappa shape index (κ1) is 21.6. The van der Waals surface area contributed by atoms with Crippen LogP contribution >= 0.6 is 7.60 Å². The van der Waals surface area contributed by atoms with E-state index in [0.717, 1.165) is 23.8 Å². The SMILES string of the molecule is [B]/C(=C\[C@H](COC)O[C@H](COC)n1ccc(=O)[nH]c1=O)P(=O)(O)OC. The molecule has 0 spiro atoms. The lowest BCUT2D eigenvalue weighted by Gasteiger charge is -2.24. The van der Waals surface area contributed by atoms with Crippen LogP contribution < -0.4 is 11.2 Å². The standard InChI is InChI=1S/C13H20BN2O8P/c1-21-7-9(6-10(14)25(19,20)23-3)24-12(8-22-2)16-5-4-11(17)15-13(16)18/h4-6,9,12H,7-8H2,1-3H3,(H,19,20)(H,15,17,18)/b10-6+/t9-,12-/m1/s1. The van der Waals surface area contributed by atoms with Crippen LogP contribution in [0.4, 0.5) is 0 Å². The molecule has 1 aromatic heterocycles. The maximum atomic E-state index is 11.9. The van der Waals surface area contributed by atoms with Crippen LogP contribution in [0.1, 0.15) is 6.23 Å². The van der Waals surface area contributed by atoms with Gasteiger partial charge in [-0.3, -0.25) is 18.9 Å². The molecule has 0 bridgehead atoms. The topological polar surface area (TPSA) is 129 Å². The average molecular weight is 374 g/mol. The molecule has 3 atom stereocenters. The van der Waals surface area contributed by atoms with Gasteiger partial charge in [0.2, 0.25) is 0 Å². The normalized spacial score (nSPS) is 17.0. The van der Waals surface area contributed by atoms with Crippen molar-refractivity contribution in [2.45, 2.75) is 12.3 Å². The lowest BCUT2D eigenvalue weighted by atomic mass is 10.1. The minimum atomic E-state index is -4.13. The Labute approximate surface area is 145 Å². The van der Waals surface area contributed by atoms with Gasteiger partial charge in [0.1, 0.15) is 14.0 Å². The summed E-state index contributed by atoms with van der Waals surface area (Å²) in [5.74, 6) is 0. The van der Waals surface area contributed by atoms with Crippen LogP contribution in [0, 0.1) is 0 Å². The molecule has 25 heavy (non-hydrogen) atoms. The molecule has 0 aliphatic heterocycles. The number of aromatic amines is 1. The molecule has 0 amide bonds. The third-order valence-corrected chi connectivity index (χ3v) is 4.36. The second-order valence-electron chi connectivity index (χ2n) is 4.85. The summed E-state index contributed by atoms with van der Waals surface area (Å²) in [5.41, 5.74) is -1.26. The van der Waals surface area contributed by atoms with Crippen molar-refractivity contribution in [1.29, 1.82) is 0 Å². The number of rotatable bonds is 10. The molecule has 0 aliphatic carbocycles. The number of nitrogens with one attached hydrogen (secondary N) is 1. The van der Waals surface area contributed by atoms with Gasteiger partial charge in [-0.25, -0.2) is 4.79 Å². The van der Waals surface area contributed by atoms with Gasteiger partial charge in [-0.1, -0.05) is 6.08 Å². The highest BCUT2D eigenvalue weighted by atomic mass is 31.2. The van der Waals surface area contributed by atoms with Gasteiger partial charge in [0, 0.05) is 33.6 Å². The fourth-order valence-electron chi connectivity index (χ4n) is 1.86. The van der Waals surface area contributed by atoms with E-state index in [1.807, 2.05) is 0 Å². The summed E-state index contributed by atoms with van der Waals surface area (Å²) in [6.45, 7) is -0.0658. The van der Waals surface area contributed by atoms with Crippen LogP contribution in [0.25, 0.3) is 0 Å². The third-order valence-electron chi connectivity index (χ3n) is 3.06. The number of methoxy groups -OCH3 is 2. The van der Waals surface area contributed by atoms with Gasteiger partial charge in [0.15, 0.2) is 6.23 Å². The number of aromatic nitrogens is 2. The van der Waals surface area contributed by atoms with Crippen molar-refractivity contribution in [2.75, 3.05) is 34.5 Å². The lowest BCUT2D eigenvalue weighted by molar-refractivity contribution is -0.0918. The molecule has 1 rings (SSSR count). The monoisotopic (exact) mass is 374 g/mol. The average Bonchev–Trinajstić information content (AvgIpc) is 2.54. The summed E-state index contributed by atoms with van der Waals surface area (Å²) in [7, 11) is 5.28. The van der Waals surface area contributed by atoms with Crippen molar-refractivity contribution in [2.24, 2.45) is 0 Å². The van der Waals surface area contributed by atoms with Gasteiger partial charge in [-0.15, -0.1) is 0 Å². The molecule has 0 saturated heterocycles. The Morgan fingerprint density at radius 2 is 2.00 bits per heavy atom. The van der Waals surface area contributed by atoms with Crippen molar-refractivity contribution in [3.05, 3.63) is 44.4 Å². The molecule has 138 valence electrons. The van der Waals surface area contributed by atoms with E-state index in [0.29, 0.717) is 0 Å². The first-order valence-corrected chi connectivity index (χ1v) is 8.64. The predicted octanol–water partition coefficient (Wildman–Crippen LogP) is -0.445. The largest absolute Gasteiger partial charge is 0.382 e. The molecule has 10 nitrogen and oxygen atoms in total. The van der Waals surface area contributed by atoms with Gasteiger partial charge < -0.3 is 23.6 Å². The molecule has 2 radical (unpaired) electrons. The molecular formula is C13H20BN2O8P. The minimum Gasteiger partial charge on any atom is -0.382 e. The van der Waals surface area contributed by atoms with Crippen LogP contribution in [0.3, 0.4) is 0 Å². The molecule has 2 N–H and O–H groups in total. The van der Waals surface area contributed by atoms with E-state index in [-0.39, 0.29) is 13.2 Å². The number of hydrogen-bond acceptors (Lipinski definition) is 7. The first-order valence-electron chi connectivity index (χ1n) is 7.06. The van der Waals surface area contributed by atoms with Crippen LogP contribution in [-0.4, -0.2) is 62.9 Å². The van der Waals surface area contributed by atoms with E-state index < -0.39 is 36.4 Å². The molecule has 0 aromatic carbocycles. The second-order valence-corrected chi connectivity index (χ2v) is 6.77. The molecular weight excluding hydrogens is 354 g/mol. The smallest absolute Gasteiger partial charge is 0.344 e. The predicted molar refractivity (Wildman–Crippen MR) is 89.7 cm³/mol. The Kier molecular flexibility index (Phi) is 8.50. The highest BCUT2D eigenvalue weighted by molar-refractivity contribution is 7.59. The minimum absolute atomic E-state index is 0.0251. The Hall–Kier alpha value is -1.49. The van der Waals surface area contributed by atoms with Crippen molar-refractivity contribution in [3.8, 4) is 0 Å². The number of H-pyrrole nitrogens is 1. The van der Waals surface area contributed by atoms with Crippen molar-refractivity contribution in [3.63, 3.8) is 0 Å². The summed E-state index contributed by atoms with van der Waals surface area (Å²) in [6.07, 6.45) is 0.569.